The molecule has 0 fully saturated rings. The Balaban J connectivity index is 2.08. The van der Waals surface area contributed by atoms with Gasteiger partial charge in [0.25, 0.3) is 5.91 Å². The molecule has 0 spiro atoms. The van der Waals surface area contributed by atoms with E-state index in [-0.39, 0.29) is 26.9 Å². The topological polar surface area (TPSA) is 89.5 Å². The maximum absolute atomic E-state index is 12.2. The van der Waals surface area contributed by atoms with Gasteiger partial charge in [-0.2, -0.15) is 0 Å². The van der Waals surface area contributed by atoms with Crippen LogP contribution in [0.3, 0.4) is 0 Å². The van der Waals surface area contributed by atoms with Crippen molar-refractivity contribution < 1.29 is 22.7 Å². The first-order chi connectivity index (χ1) is 12.2. The van der Waals surface area contributed by atoms with Crippen molar-refractivity contribution in [1.82, 2.24) is 0 Å². The zero-order valence-electron chi connectivity index (χ0n) is 13.7. The molecule has 1 amide bonds. The van der Waals surface area contributed by atoms with Crippen molar-refractivity contribution in [1.29, 1.82) is 0 Å². The number of rotatable bonds is 6. The first kappa shape index (κ1) is 20.2. The lowest BCUT2D eigenvalue weighted by molar-refractivity contribution is -0.119. The Hall–Kier alpha value is -2.09. The number of benzene rings is 2. The number of amides is 1. The fraction of sp³-hybridized carbons (Fsp3) is 0.176. The van der Waals surface area contributed by atoms with E-state index in [1.165, 1.54) is 43.3 Å². The fourth-order valence-corrected chi connectivity index (χ4v) is 3.47. The number of sulfone groups is 1. The normalized spacial score (nSPS) is 11.0. The Bertz CT molecular complexity index is 944. The molecule has 138 valence electrons. The zero-order valence-corrected chi connectivity index (χ0v) is 16.0. The van der Waals surface area contributed by atoms with E-state index in [1.807, 2.05) is 0 Å². The Labute approximate surface area is 161 Å². The van der Waals surface area contributed by atoms with Crippen LogP contribution in [0.4, 0.5) is 5.69 Å². The van der Waals surface area contributed by atoms with E-state index in [2.05, 4.69) is 5.32 Å². The van der Waals surface area contributed by atoms with Crippen LogP contribution in [-0.2, 0) is 19.4 Å². The molecule has 6 nitrogen and oxygen atoms in total. The SMILES string of the molecule is CCS(=O)(=O)c1ccccc1C(=O)OCC(=O)Nc1cc(Cl)ccc1Cl. The van der Waals surface area contributed by atoms with Gasteiger partial charge < -0.3 is 10.1 Å². The number of hydrogen-bond donors (Lipinski definition) is 1. The Morgan fingerprint density at radius 3 is 2.50 bits per heavy atom. The van der Waals surface area contributed by atoms with Crippen molar-refractivity contribution >= 4 is 50.6 Å². The number of carbonyl (C=O) groups is 2. The van der Waals surface area contributed by atoms with E-state index in [9.17, 15) is 18.0 Å². The average molecular weight is 416 g/mol. The molecule has 0 saturated carbocycles. The van der Waals surface area contributed by atoms with Crippen LogP contribution in [0.15, 0.2) is 47.4 Å². The van der Waals surface area contributed by atoms with Crippen molar-refractivity contribution in [3.05, 3.63) is 58.1 Å². The van der Waals surface area contributed by atoms with Gasteiger partial charge in [-0.1, -0.05) is 42.3 Å². The third-order valence-corrected chi connectivity index (χ3v) is 5.71. The number of nitrogens with one attached hydrogen (secondary N) is 1. The van der Waals surface area contributed by atoms with Gasteiger partial charge in [0.15, 0.2) is 16.4 Å². The van der Waals surface area contributed by atoms with Crippen molar-refractivity contribution in [3.8, 4) is 0 Å². The van der Waals surface area contributed by atoms with Gasteiger partial charge in [-0.15, -0.1) is 0 Å². The molecule has 0 atom stereocenters. The number of carbonyl (C=O) groups excluding carboxylic acids is 2. The fourth-order valence-electron chi connectivity index (χ4n) is 2.05. The highest BCUT2D eigenvalue weighted by Gasteiger charge is 2.22. The maximum atomic E-state index is 12.2. The Morgan fingerprint density at radius 2 is 1.81 bits per heavy atom. The lowest BCUT2D eigenvalue weighted by atomic mass is 10.2. The Morgan fingerprint density at radius 1 is 1.12 bits per heavy atom. The molecule has 0 aromatic heterocycles. The minimum atomic E-state index is -3.60. The summed E-state index contributed by atoms with van der Waals surface area (Å²) in [5.41, 5.74) is 0.150. The summed E-state index contributed by atoms with van der Waals surface area (Å²) in [5.74, 6) is -1.71. The van der Waals surface area contributed by atoms with Crippen molar-refractivity contribution in [2.24, 2.45) is 0 Å². The molecule has 9 heteroatoms. The summed E-state index contributed by atoms with van der Waals surface area (Å²) in [6, 6.07) is 10.2. The van der Waals surface area contributed by atoms with E-state index >= 15 is 0 Å². The second-order valence-corrected chi connectivity index (χ2v) is 8.24. The van der Waals surface area contributed by atoms with Gasteiger partial charge in [-0.25, -0.2) is 13.2 Å². The molecule has 0 aliphatic heterocycles. The molecular weight excluding hydrogens is 401 g/mol. The smallest absolute Gasteiger partial charge is 0.339 e. The second kappa shape index (κ2) is 8.53. The van der Waals surface area contributed by atoms with Crippen molar-refractivity contribution in [2.75, 3.05) is 17.7 Å². The number of halogens is 2. The van der Waals surface area contributed by atoms with E-state index < -0.39 is 28.3 Å². The second-order valence-electron chi connectivity index (χ2n) is 5.15. The van der Waals surface area contributed by atoms with Gasteiger partial charge in [-0.3, -0.25) is 4.79 Å². The standard InChI is InChI=1S/C17H15Cl2NO5S/c1-2-26(23,24)15-6-4-3-5-12(15)17(22)25-10-16(21)20-14-9-11(18)7-8-13(14)19/h3-9H,2,10H2,1H3,(H,20,21). The van der Waals surface area contributed by atoms with E-state index in [0.29, 0.717) is 5.02 Å². The zero-order chi connectivity index (χ0) is 19.3. The summed E-state index contributed by atoms with van der Waals surface area (Å²) in [4.78, 5) is 24.0. The molecule has 2 aromatic carbocycles. The predicted molar refractivity (Wildman–Crippen MR) is 99.5 cm³/mol. The van der Waals surface area contributed by atoms with Crippen LogP contribution in [0.25, 0.3) is 0 Å². The van der Waals surface area contributed by atoms with Crippen LogP contribution >= 0.6 is 23.2 Å². The number of ether oxygens (including phenoxy) is 1. The summed E-state index contributed by atoms with van der Waals surface area (Å²) in [5, 5.41) is 3.11. The molecule has 0 aliphatic rings. The third kappa shape index (κ3) is 4.97. The molecule has 0 heterocycles. The summed E-state index contributed by atoms with van der Waals surface area (Å²) in [7, 11) is -3.60. The highest BCUT2D eigenvalue weighted by atomic mass is 35.5. The van der Waals surface area contributed by atoms with Crippen LogP contribution in [0, 0.1) is 0 Å². The maximum Gasteiger partial charge on any atom is 0.339 e. The average Bonchev–Trinajstić information content (AvgIpc) is 2.62. The monoisotopic (exact) mass is 415 g/mol. The highest BCUT2D eigenvalue weighted by Crippen LogP contribution is 2.25. The first-order valence-electron chi connectivity index (χ1n) is 7.48. The third-order valence-electron chi connectivity index (χ3n) is 3.36. The summed E-state index contributed by atoms with van der Waals surface area (Å²) in [6.45, 7) is 0.863. The quantitative estimate of drug-likeness (QED) is 0.728. The summed E-state index contributed by atoms with van der Waals surface area (Å²) >= 11 is 11.8. The van der Waals surface area contributed by atoms with E-state index in [4.69, 9.17) is 27.9 Å². The molecule has 2 rings (SSSR count). The molecule has 26 heavy (non-hydrogen) atoms. The van der Waals surface area contributed by atoms with Gasteiger partial charge in [0.05, 0.1) is 26.9 Å². The molecule has 2 aromatic rings. The minimum Gasteiger partial charge on any atom is -0.452 e. The molecule has 0 bridgehead atoms. The highest BCUT2D eigenvalue weighted by molar-refractivity contribution is 7.91. The molecule has 0 unspecified atom stereocenters. The molecule has 0 aliphatic carbocycles. The molecule has 0 saturated heterocycles. The van der Waals surface area contributed by atoms with Gasteiger partial charge >= 0.3 is 5.97 Å². The number of esters is 1. The Kier molecular flexibility index (Phi) is 6.63. The van der Waals surface area contributed by atoms with Crippen LogP contribution < -0.4 is 5.32 Å². The van der Waals surface area contributed by atoms with Crippen LogP contribution in [-0.4, -0.2) is 32.7 Å². The van der Waals surface area contributed by atoms with Crippen LogP contribution in [0.2, 0.25) is 10.0 Å². The molecule has 1 N–H and O–H groups in total. The molecule has 0 radical (unpaired) electrons. The predicted octanol–water partition coefficient (Wildman–Crippen LogP) is 3.58. The van der Waals surface area contributed by atoms with Crippen LogP contribution in [0.1, 0.15) is 17.3 Å². The largest absolute Gasteiger partial charge is 0.452 e. The van der Waals surface area contributed by atoms with Gasteiger partial charge in [0.2, 0.25) is 0 Å². The molecular formula is C17H15Cl2NO5S. The van der Waals surface area contributed by atoms with Gasteiger partial charge in [0.1, 0.15) is 0 Å². The van der Waals surface area contributed by atoms with E-state index in [1.54, 1.807) is 6.07 Å². The summed E-state index contributed by atoms with van der Waals surface area (Å²) in [6.07, 6.45) is 0. The number of anilines is 1. The minimum absolute atomic E-state index is 0.122. The van der Waals surface area contributed by atoms with Crippen LogP contribution in [0.5, 0.6) is 0 Å². The lowest BCUT2D eigenvalue weighted by Gasteiger charge is -2.10. The number of hydrogen-bond acceptors (Lipinski definition) is 5. The van der Waals surface area contributed by atoms with E-state index in [0.717, 1.165) is 0 Å². The summed E-state index contributed by atoms with van der Waals surface area (Å²) < 4.78 is 29.0. The van der Waals surface area contributed by atoms with Gasteiger partial charge in [0, 0.05) is 5.02 Å². The van der Waals surface area contributed by atoms with Crippen molar-refractivity contribution in [2.45, 2.75) is 11.8 Å². The lowest BCUT2D eigenvalue weighted by Crippen LogP contribution is -2.22. The first-order valence-corrected chi connectivity index (χ1v) is 9.89. The van der Waals surface area contributed by atoms with Crippen molar-refractivity contribution in [3.63, 3.8) is 0 Å². The van der Waals surface area contributed by atoms with Gasteiger partial charge in [-0.05, 0) is 30.3 Å².